The molecule has 8 heteroatoms. The van der Waals surface area contributed by atoms with Gasteiger partial charge in [-0.05, 0) is 11.6 Å². The average molecular weight is 302 g/mol. The minimum atomic E-state index is -0.969. The number of fused-ring (bicyclic) bond motifs is 1. The first-order valence-electron chi connectivity index (χ1n) is 6.72. The van der Waals surface area contributed by atoms with E-state index >= 15 is 0 Å². The monoisotopic (exact) mass is 302 g/mol. The van der Waals surface area contributed by atoms with Crippen LogP contribution >= 0.6 is 0 Å². The number of ether oxygens (including phenoxy) is 1. The molecule has 0 unspecified atom stereocenters. The molecular formula is C14H14N4O4. The van der Waals surface area contributed by atoms with Crippen LogP contribution in [0.1, 0.15) is 11.5 Å². The highest BCUT2D eigenvalue weighted by atomic mass is 16.6. The number of amides is 1. The molecule has 22 heavy (non-hydrogen) atoms. The van der Waals surface area contributed by atoms with Gasteiger partial charge in [-0.25, -0.2) is 4.99 Å². The third-order valence-electron chi connectivity index (χ3n) is 3.66. The molecule has 0 radical (unpaired) electrons. The number of hydrogen-bond donors (Lipinski definition) is 2. The largest absolute Gasteiger partial charge is 0.451 e. The summed E-state index contributed by atoms with van der Waals surface area (Å²) in [6.07, 6.45) is 0.722. The maximum atomic E-state index is 12.0. The topological polar surface area (TPSA) is 110 Å². The predicted molar refractivity (Wildman–Crippen MR) is 79.3 cm³/mol. The van der Waals surface area contributed by atoms with E-state index in [1.807, 2.05) is 24.3 Å². The quantitative estimate of drug-likeness (QED) is 0.649. The van der Waals surface area contributed by atoms with Crippen molar-refractivity contribution in [3.63, 3.8) is 0 Å². The first kappa shape index (κ1) is 14.1. The van der Waals surface area contributed by atoms with Gasteiger partial charge in [0, 0.05) is 29.1 Å². The van der Waals surface area contributed by atoms with E-state index in [1.165, 1.54) is 7.05 Å². The van der Waals surface area contributed by atoms with Gasteiger partial charge in [0.25, 0.3) is 11.9 Å². The van der Waals surface area contributed by atoms with Gasteiger partial charge in [-0.15, -0.1) is 0 Å². The second-order valence-corrected chi connectivity index (χ2v) is 4.97. The second kappa shape index (κ2) is 5.47. The molecule has 1 fully saturated rings. The zero-order chi connectivity index (χ0) is 15.7. The molecule has 1 saturated heterocycles. The van der Waals surface area contributed by atoms with Crippen LogP contribution in [0.25, 0.3) is 10.9 Å². The van der Waals surface area contributed by atoms with E-state index in [-0.39, 0.29) is 6.02 Å². The lowest BCUT2D eigenvalue weighted by atomic mass is 9.92. The summed E-state index contributed by atoms with van der Waals surface area (Å²) in [5.74, 6) is -1.12. The zero-order valence-electron chi connectivity index (χ0n) is 11.8. The predicted octanol–water partition coefficient (Wildman–Crippen LogP) is 1.03. The molecule has 0 saturated carbocycles. The number of aromatic amines is 1. The lowest BCUT2D eigenvalue weighted by Gasteiger charge is -2.16. The van der Waals surface area contributed by atoms with Gasteiger partial charge >= 0.3 is 0 Å². The fraction of sp³-hybridized carbons (Fsp3) is 0.286. The highest BCUT2D eigenvalue weighted by molar-refractivity contribution is 6.03. The number of amidine groups is 1. The highest BCUT2D eigenvalue weighted by Crippen LogP contribution is 2.31. The Kier molecular flexibility index (Phi) is 3.50. The Hall–Kier alpha value is -2.90. The molecule has 114 valence electrons. The number of nitrogens with zero attached hydrogens (tertiary/aromatic N) is 2. The number of aliphatic imine (C=N–C) groups is 1. The maximum Gasteiger partial charge on any atom is 0.292 e. The summed E-state index contributed by atoms with van der Waals surface area (Å²) in [7, 11) is 1.48. The fourth-order valence-corrected chi connectivity index (χ4v) is 2.67. The number of nitro groups is 1. The Bertz CT molecular complexity index is 767. The van der Waals surface area contributed by atoms with Crippen LogP contribution in [0.15, 0.2) is 35.5 Å². The molecule has 2 heterocycles. The van der Waals surface area contributed by atoms with Crippen molar-refractivity contribution >= 4 is 22.8 Å². The molecule has 0 bridgehead atoms. The summed E-state index contributed by atoms with van der Waals surface area (Å²) >= 11 is 0. The number of hydrogen-bond acceptors (Lipinski definition) is 5. The highest BCUT2D eigenvalue weighted by Gasteiger charge is 2.42. The van der Waals surface area contributed by atoms with Gasteiger partial charge in [-0.1, -0.05) is 18.2 Å². The molecular weight excluding hydrogens is 288 g/mol. The Morgan fingerprint density at radius 1 is 1.45 bits per heavy atom. The van der Waals surface area contributed by atoms with Crippen molar-refractivity contribution in [3.8, 4) is 0 Å². The summed E-state index contributed by atoms with van der Waals surface area (Å²) in [5, 5.41) is 14.3. The van der Waals surface area contributed by atoms with E-state index in [0.29, 0.717) is 5.56 Å². The van der Waals surface area contributed by atoms with Gasteiger partial charge in [0.2, 0.25) is 6.54 Å². The summed E-state index contributed by atoms with van der Waals surface area (Å²) < 4.78 is 5.43. The molecule has 2 aromatic rings. The molecule has 2 N–H and O–H groups in total. The van der Waals surface area contributed by atoms with Crippen molar-refractivity contribution in [2.75, 3.05) is 13.6 Å². The summed E-state index contributed by atoms with van der Waals surface area (Å²) in [6.45, 7) is -0.406. The molecule has 8 nitrogen and oxygen atoms in total. The van der Waals surface area contributed by atoms with Crippen LogP contribution in [0.4, 0.5) is 0 Å². The maximum absolute atomic E-state index is 12.0. The van der Waals surface area contributed by atoms with E-state index in [0.717, 1.165) is 10.9 Å². The van der Waals surface area contributed by atoms with E-state index in [2.05, 4.69) is 15.3 Å². The van der Waals surface area contributed by atoms with Crippen LogP contribution < -0.4 is 5.32 Å². The lowest BCUT2D eigenvalue weighted by Crippen LogP contribution is -2.33. The molecule has 3 rings (SSSR count). The minimum Gasteiger partial charge on any atom is -0.451 e. The first-order chi connectivity index (χ1) is 10.6. The number of benzene rings is 1. The number of carbonyl (C=O) groups excluding carboxylic acids is 1. The average Bonchev–Trinajstić information content (AvgIpc) is 3.08. The minimum absolute atomic E-state index is 0.0863. The van der Waals surface area contributed by atoms with Crippen LogP contribution in [0, 0.1) is 10.1 Å². The van der Waals surface area contributed by atoms with E-state index < -0.39 is 29.4 Å². The van der Waals surface area contributed by atoms with E-state index in [9.17, 15) is 14.9 Å². The van der Waals surface area contributed by atoms with Gasteiger partial charge in [0.1, 0.15) is 0 Å². The van der Waals surface area contributed by atoms with Crippen molar-refractivity contribution < 1.29 is 14.5 Å². The molecule has 1 amide bonds. The molecule has 1 aromatic heterocycles. The lowest BCUT2D eigenvalue weighted by molar-refractivity contribution is -0.484. The smallest absolute Gasteiger partial charge is 0.292 e. The second-order valence-electron chi connectivity index (χ2n) is 4.97. The molecule has 2 atom stereocenters. The Labute approximate surface area is 125 Å². The number of aromatic nitrogens is 1. The first-order valence-corrected chi connectivity index (χ1v) is 6.72. The van der Waals surface area contributed by atoms with Gasteiger partial charge in [0.05, 0.1) is 5.92 Å². The van der Waals surface area contributed by atoms with Crippen molar-refractivity contribution in [1.29, 1.82) is 0 Å². The zero-order valence-corrected chi connectivity index (χ0v) is 11.8. The van der Waals surface area contributed by atoms with Crippen LogP contribution in [-0.4, -0.2) is 41.5 Å². The van der Waals surface area contributed by atoms with Crippen molar-refractivity contribution in [2.45, 2.75) is 12.0 Å². The van der Waals surface area contributed by atoms with Gasteiger partial charge < -0.3 is 9.72 Å². The number of nitrogens with one attached hydrogen (secondary N) is 2. The van der Waals surface area contributed by atoms with E-state index in [4.69, 9.17) is 4.74 Å². The molecule has 0 spiro atoms. The van der Waals surface area contributed by atoms with E-state index in [1.54, 1.807) is 6.20 Å². The molecule has 1 aromatic carbocycles. The summed E-state index contributed by atoms with van der Waals surface area (Å²) in [4.78, 5) is 29.5. The number of rotatable bonds is 4. The standard InChI is InChI=1S/C14H14N4O4/c1-15-14-17-13(19)12(22-14)10(7-18(20)21)9-6-16-11-5-3-2-4-8(9)11/h2-6,10,12,16H,7H2,1H3,(H,15,17,19)/t10-,12-/m0/s1. The molecule has 0 aliphatic carbocycles. The molecule has 1 aliphatic heterocycles. The van der Waals surface area contributed by atoms with Gasteiger partial charge in [-0.2, -0.15) is 0 Å². The normalized spacial score (nSPS) is 20.9. The van der Waals surface area contributed by atoms with Crippen molar-refractivity contribution in [3.05, 3.63) is 46.1 Å². The number of para-hydroxylation sites is 1. The SMILES string of the molecule is CN=C1NC(=O)[C@H]([C@@H](C[N+](=O)[O-])c2c[nH]c3ccccc23)O1. The van der Waals surface area contributed by atoms with Crippen LogP contribution in [0.2, 0.25) is 0 Å². The number of carbonyl (C=O) groups is 1. The van der Waals surface area contributed by atoms with Gasteiger partial charge in [-0.3, -0.25) is 20.2 Å². The summed E-state index contributed by atoms with van der Waals surface area (Å²) in [5.41, 5.74) is 1.54. The van der Waals surface area contributed by atoms with Crippen molar-refractivity contribution in [2.24, 2.45) is 4.99 Å². The van der Waals surface area contributed by atoms with Crippen molar-refractivity contribution in [1.82, 2.24) is 10.3 Å². The third-order valence-corrected chi connectivity index (χ3v) is 3.66. The fourth-order valence-electron chi connectivity index (χ4n) is 2.67. The van der Waals surface area contributed by atoms with Gasteiger partial charge in [0.15, 0.2) is 6.10 Å². The summed E-state index contributed by atoms with van der Waals surface area (Å²) in [6, 6.07) is 7.53. The Morgan fingerprint density at radius 2 is 2.23 bits per heavy atom. The Balaban J connectivity index is 2.03. The van der Waals surface area contributed by atoms with Crippen LogP contribution in [0.5, 0.6) is 0 Å². The van der Waals surface area contributed by atoms with Crippen LogP contribution in [-0.2, 0) is 9.53 Å². The Morgan fingerprint density at radius 3 is 2.91 bits per heavy atom. The van der Waals surface area contributed by atoms with Crippen LogP contribution in [0.3, 0.4) is 0 Å². The number of H-pyrrole nitrogens is 1. The molecule has 1 aliphatic rings. The third kappa shape index (κ3) is 2.39.